The lowest BCUT2D eigenvalue weighted by Crippen LogP contribution is -2.35. The maximum absolute atomic E-state index is 11.0. The van der Waals surface area contributed by atoms with E-state index in [1.54, 1.807) is 6.92 Å². The summed E-state index contributed by atoms with van der Waals surface area (Å²) in [5.74, 6) is -0.381. The van der Waals surface area contributed by atoms with Gasteiger partial charge in [-0.15, -0.1) is 0 Å². The number of nitrogens with one attached hydrogen (secondary N) is 1. The third-order valence-corrected chi connectivity index (χ3v) is 1.57. The molecule has 0 fully saturated rings. The van der Waals surface area contributed by atoms with Crippen LogP contribution in [0.1, 0.15) is 33.1 Å². The van der Waals surface area contributed by atoms with Crippen molar-refractivity contribution in [3.8, 4) is 0 Å². The van der Waals surface area contributed by atoms with E-state index in [2.05, 4.69) is 0 Å². The van der Waals surface area contributed by atoms with Gasteiger partial charge in [-0.1, -0.05) is 19.8 Å². The van der Waals surface area contributed by atoms with Crippen molar-refractivity contribution in [3.05, 3.63) is 0 Å². The molecule has 12 heavy (non-hydrogen) atoms. The number of esters is 1. The number of hydrogen-bond donors (Lipinski definition) is 2. The Hall–Kier alpha value is -0.610. The van der Waals surface area contributed by atoms with E-state index in [0.717, 1.165) is 12.8 Å². The standard InChI is InChI=1S/C8H17NO3/c1-3-5-6-7(9-11)8(10)12-4-2/h7,9,11H,3-6H2,1-2H3. The van der Waals surface area contributed by atoms with E-state index in [0.29, 0.717) is 13.0 Å². The molecule has 0 heterocycles. The number of rotatable bonds is 6. The van der Waals surface area contributed by atoms with Crippen LogP contribution in [0.15, 0.2) is 0 Å². The quantitative estimate of drug-likeness (QED) is 0.468. The Morgan fingerprint density at radius 3 is 2.67 bits per heavy atom. The van der Waals surface area contributed by atoms with Crippen LogP contribution in [0.5, 0.6) is 0 Å². The predicted octanol–water partition coefficient (Wildman–Crippen LogP) is 1.09. The number of carbonyl (C=O) groups is 1. The van der Waals surface area contributed by atoms with Gasteiger partial charge in [0.1, 0.15) is 6.04 Å². The first-order valence-corrected chi connectivity index (χ1v) is 4.32. The Morgan fingerprint density at radius 1 is 1.58 bits per heavy atom. The van der Waals surface area contributed by atoms with Crippen LogP contribution in [0.3, 0.4) is 0 Å². The molecule has 0 aromatic heterocycles. The van der Waals surface area contributed by atoms with Gasteiger partial charge in [-0.2, -0.15) is 5.48 Å². The Kier molecular flexibility index (Phi) is 6.70. The summed E-state index contributed by atoms with van der Waals surface area (Å²) in [7, 11) is 0. The van der Waals surface area contributed by atoms with Crippen LogP contribution in [0.2, 0.25) is 0 Å². The first-order chi connectivity index (χ1) is 5.76. The predicted molar refractivity (Wildman–Crippen MR) is 44.9 cm³/mol. The third kappa shape index (κ3) is 4.31. The molecule has 0 saturated heterocycles. The van der Waals surface area contributed by atoms with Crippen LogP contribution in [0, 0.1) is 0 Å². The fourth-order valence-electron chi connectivity index (χ4n) is 0.886. The Labute approximate surface area is 72.9 Å². The van der Waals surface area contributed by atoms with Crippen molar-refractivity contribution >= 4 is 5.97 Å². The molecule has 0 aromatic rings. The maximum Gasteiger partial charge on any atom is 0.325 e. The zero-order chi connectivity index (χ0) is 9.40. The van der Waals surface area contributed by atoms with Crippen LogP contribution >= 0.6 is 0 Å². The highest BCUT2D eigenvalue weighted by Crippen LogP contribution is 2.01. The zero-order valence-corrected chi connectivity index (χ0v) is 7.67. The molecule has 1 unspecified atom stereocenters. The minimum atomic E-state index is -0.565. The number of carbonyl (C=O) groups excluding carboxylic acids is 1. The molecule has 0 aliphatic rings. The van der Waals surface area contributed by atoms with Gasteiger partial charge in [0.15, 0.2) is 0 Å². The number of unbranched alkanes of at least 4 members (excludes halogenated alkanes) is 1. The van der Waals surface area contributed by atoms with Crippen molar-refractivity contribution in [1.82, 2.24) is 5.48 Å². The zero-order valence-electron chi connectivity index (χ0n) is 7.67. The molecule has 0 aromatic carbocycles. The second-order valence-corrected chi connectivity index (χ2v) is 2.58. The molecule has 0 saturated carbocycles. The molecular weight excluding hydrogens is 158 g/mol. The highest BCUT2D eigenvalue weighted by Gasteiger charge is 2.17. The van der Waals surface area contributed by atoms with Gasteiger partial charge in [0.05, 0.1) is 6.61 Å². The molecule has 0 radical (unpaired) electrons. The molecule has 0 aliphatic heterocycles. The molecule has 1 atom stereocenters. The largest absolute Gasteiger partial charge is 0.465 e. The van der Waals surface area contributed by atoms with E-state index in [1.807, 2.05) is 12.4 Å². The minimum Gasteiger partial charge on any atom is -0.465 e. The van der Waals surface area contributed by atoms with Crippen molar-refractivity contribution < 1.29 is 14.7 Å². The fraction of sp³-hybridized carbons (Fsp3) is 0.875. The molecule has 0 spiro atoms. The van der Waals surface area contributed by atoms with Crippen LogP contribution in [0.4, 0.5) is 0 Å². The summed E-state index contributed by atoms with van der Waals surface area (Å²) >= 11 is 0. The summed E-state index contributed by atoms with van der Waals surface area (Å²) in [6.45, 7) is 4.12. The highest BCUT2D eigenvalue weighted by molar-refractivity contribution is 5.75. The van der Waals surface area contributed by atoms with Crippen LogP contribution in [0.25, 0.3) is 0 Å². The molecule has 0 rings (SSSR count). The number of ether oxygens (including phenoxy) is 1. The summed E-state index contributed by atoms with van der Waals surface area (Å²) < 4.78 is 4.73. The van der Waals surface area contributed by atoms with Gasteiger partial charge in [-0.05, 0) is 13.3 Å². The average Bonchev–Trinajstić information content (AvgIpc) is 2.06. The van der Waals surface area contributed by atoms with Gasteiger partial charge in [0.25, 0.3) is 0 Å². The van der Waals surface area contributed by atoms with Crippen LogP contribution in [-0.2, 0) is 9.53 Å². The first-order valence-electron chi connectivity index (χ1n) is 4.32. The average molecular weight is 175 g/mol. The first kappa shape index (κ1) is 11.4. The molecular formula is C8H17NO3. The Morgan fingerprint density at radius 2 is 2.25 bits per heavy atom. The monoisotopic (exact) mass is 175 g/mol. The summed E-state index contributed by atoms with van der Waals surface area (Å²) in [4.78, 5) is 11.0. The molecule has 0 bridgehead atoms. The summed E-state index contributed by atoms with van der Waals surface area (Å²) in [6, 6.07) is -0.565. The summed E-state index contributed by atoms with van der Waals surface area (Å²) in [5, 5.41) is 8.60. The van der Waals surface area contributed by atoms with E-state index in [9.17, 15) is 4.79 Å². The van der Waals surface area contributed by atoms with E-state index in [1.165, 1.54) is 0 Å². The summed E-state index contributed by atoms with van der Waals surface area (Å²) in [6.07, 6.45) is 2.51. The minimum absolute atomic E-state index is 0.350. The van der Waals surface area contributed by atoms with Crippen molar-refractivity contribution in [2.24, 2.45) is 0 Å². The van der Waals surface area contributed by atoms with Gasteiger partial charge < -0.3 is 9.94 Å². The maximum atomic E-state index is 11.0. The van der Waals surface area contributed by atoms with E-state index >= 15 is 0 Å². The fourth-order valence-corrected chi connectivity index (χ4v) is 0.886. The van der Waals surface area contributed by atoms with Gasteiger partial charge in [-0.3, -0.25) is 4.79 Å². The third-order valence-electron chi connectivity index (χ3n) is 1.57. The molecule has 72 valence electrons. The van der Waals surface area contributed by atoms with E-state index < -0.39 is 6.04 Å². The highest BCUT2D eigenvalue weighted by atomic mass is 16.5. The second-order valence-electron chi connectivity index (χ2n) is 2.58. The van der Waals surface area contributed by atoms with Gasteiger partial charge in [0, 0.05) is 0 Å². The van der Waals surface area contributed by atoms with E-state index in [4.69, 9.17) is 9.94 Å². The normalized spacial score (nSPS) is 12.6. The van der Waals surface area contributed by atoms with Gasteiger partial charge >= 0.3 is 5.97 Å². The van der Waals surface area contributed by atoms with Crippen molar-refractivity contribution in [2.75, 3.05) is 6.61 Å². The number of hydrogen-bond acceptors (Lipinski definition) is 4. The second kappa shape index (κ2) is 7.06. The molecule has 4 heteroatoms. The molecule has 0 amide bonds. The smallest absolute Gasteiger partial charge is 0.325 e. The summed E-state index contributed by atoms with van der Waals surface area (Å²) in [5.41, 5.74) is 1.95. The van der Waals surface area contributed by atoms with E-state index in [-0.39, 0.29) is 5.97 Å². The van der Waals surface area contributed by atoms with Crippen LogP contribution in [-0.4, -0.2) is 23.8 Å². The SMILES string of the molecule is CCCCC(NO)C(=O)OCC. The lowest BCUT2D eigenvalue weighted by atomic mass is 10.1. The van der Waals surface area contributed by atoms with Crippen molar-refractivity contribution in [3.63, 3.8) is 0 Å². The number of hydroxylamine groups is 1. The Balaban J connectivity index is 3.71. The lowest BCUT2D eigenvalue weighted by Gasteiger charge is -2.12. The molecule has 2 N–H and O–H groups in total. The van der Waals surface area contributed by atoms with Crippen LogP contribution < -0.4 is 5.48 Å². The lowest BCUT2D eigenvalue weighted by molar-refractivity contribution is -0.148. The van der Waals surface area contributed by atoms with Crippen molar-refractivity contribution in [2.45, 2.75) is 39.2 Å². The van der Waals surface area contributed by atoms with Crippen molar-refractivity contribution in [1.29, 1.82) is 0 Å². The Bertz CT molecular complexity index is 127. The van der Waals surface area contributed by atoms with Gasteiger partial charge in [-0.25, -0.2) is 0 Å². The van der Waals surface area contributed by atoms with Gasteiger partial charge in [0.2, 0.25) is 0 Å². The topological polar surface area (TPSA) is 58.6 Å². The molecule has 0 aliphatic carbocycles. The molecule has 4 nitrogen and oxygen atoms in total.